The molecule has 27 heavy (non-hydrogen) atoms. The van der Waals surface area contributed by atoms with Gasteiger partial charge in [-0.15, -0.1) is 0 Å². The molecule has 1 aromatic heterocycles. The van der Waals surface area contributed by atoms with E-state index in [1.807, 2.05) is 0 Å². The lowest BCUT2D eigenvalue weighted by atomic mass is 10.1. The molecule has 9 heteroatoms. The predicted octanol–water partition coefficient (Wildman–Crippen LogP) is 4.05. The van der Waals surface area contributed by atoms with Crippen LogP contribution in [0.5, 0.6) is 5.75 Å². The number of hydrogen-bond acceptors (Lipinski definition) is 4. The van der Waals surface area contributed by atoms with Gasteiger partial charge in [0.05, 0.1) is 28.2 Å². The number of ether oxygens (including phenoxy) is 1. The fraction of sp³-hybridized carbons (Fsp3) is 0.0556. The second-order valence-corrected chi connectivity index (χ2v) is 6.18. The van der Waals surface area contributed by atoms with Crippen molar-refractivity contribution in [3.8, 4) is 17.0 Å². The highest BCUT2D eigenvalue weighted by Crippen LogP contribution is 2.28. The van der Waals surface area contributed by atoms with Gasteiger partial charge in [-0.25, -0.2) is 9.82 Å². The van der Waals surface area contributed by atoms with Gasteiger partial charge in [0.25, 0.3) is 5.91 Å². The summed E-state index contributed by atoms with van der Waals surface area (Å²) in [5.41, 5.74) is 4.44. The molecular weight excluding hydrogens is 394 g/mol. The smallest absolute Gasteiger partial charge is 0.277 e. The number of carbonyl (C=O) groups is 1. The molecule has 138 valence electrons. The molecule has 6 nitrogen and oxygen atoms in total. The molecule has 0 saturated heterocycles. The van der Waals surface area contributed by atoms with Gasteiger partial charge in [-0.05, 0) is 36.4 Å². The molecule has 0 spiro atoms. The zero-order valence-electron chi connectivity index (χ0n) is 13.7. The summed E-state index contributed by atoms with van der Waals surface area (Å²) in [7, 11) is 0. The highest BCUT2D eigenvalue weighted by Gasteiger charge is 2.08. The SMILES string of the molecule is O=C(COc1ccc(F)cc1)N/N=C\c1cn[nH]c1-c1ccc(Cl)c(Cl)c1. The Morgan fingerprint density at radius 1 is 1.22 bits per heavy atom. The Hall–Kier alpha value is -2.90. The molecule has 1 heterocycles. The Labute approximate surface area is 164 Å². The topological polar surface area (TPSA) is 79.4 Å². The second-order valence-electron chi connectivity index (χ2n) is 5.37. The van der Waals surface area contributed by atoms with Crippen LogP contribution < -0.4 is 10.2 Å². The number of rotatable bonds is 6. The summed E-state index contributed by atoms with van der Waals surface area (Å²) >= 11 is 12.0. The average molecular weight is 407 g/mol. The molecule has 0 aliphatic heterocycles. The lowest BCUT2D eigenvalue weighted by Crippen LogP contribution is -2.24. The number of aromatic nitrogens is 2. The van der Waals surface area contributed by atoms with Crippen molar-refractivity contribution >= 4 is 35.3 Å². The van der Waals surface area contributed by atoms with Crippen molar-refractivity contribution in [2.45, 2.75) is 0 Å². The van der Waals surface area contributed by atoms with Crippen LogP contribution in [0.15, 0.2) is 53.8 Å². The van der Waals surface area contributed by atoms with Crippen LogP contribution in [0.4, 0.5) is 4.39 Å². The third kappa shape index (κ3) is 5.06. The zero-order chi connectivity index (χ0) is 19.2. The molecule has 2 N–H and O–H groups in total. The number of benzene rings is 2. The number of amides is 1. The number of hydrazone groups is 1. The average Bonchev–Trinajstić information content (AvgIpc) is 3.12. The van der Waals surface area contributed by atoms with Crippen LogP contribution >= 0.6 is 23.2 Å². The highest BCUT2D eigenvalue weighted by atomic mass is 35.5. The predicted molar refractivity (Wildman–Crippen MR) is 102 cm³/mol. The Kier molecular flexibility index (Phi) is 6.05. The molecule has 1 amide bonds. The Morgan fingerprint density at radius 2 is 2.00 bits per heavy atom. The first-order valence-corrected chi connectivity index (χ1v) is 8.47. The van der Waals surface area contributed by atoms with Crippen molar-refractivity contribution in [1.82, 2.24) is 15.6 Å². The quantitative estimate of drug-likeness (QED) is 0.478. The molecule has 3 aromatic rings. The van der Waals surface area contributed by atoms with E-state index in [1.165, 1.54) is 30.5 Å². The molecule has 0 saturated carbocycles. The number of aromatic amines is 1. The van der Waals surface area contributed by atoms with E-state index >= 15 is 0 Å². The molecule has 0 unspecified atom stereocenters. The lowest BCUT2D eigenvalue weighted by molar-refractivity contribution is -0.123. The van der Waals surface area contributed by atoms with Gasteiger partial charge >= 0.3 is 0 Å². The third-order valence-electron chi connectivity index (χ3n) is 3.45. The molecule has 0 aliphatic carbocycles. The number of nitrogens with zero attached hydrogens (tertiary/aromatic N) is 2. The Balaban J connectivity index is 1.58. The van der Waals surface area contributed by atoms with Crippen LogP contribution in [0.3, 0.4) is 0 Å². The first-order valence-electron chi connectivity index (χ1n) is 7.72. The van der Waals surface area contributed by atoms with E-state index < -0.39 is 5.91 Å². The second kappa shape index (κ2) is 8.66. The Morgan fingerprint density at radius 3 is 2.74 bits per heavy atom. The fourth-order valence-corrected chi connectivity index (χ4v) is 2.46. The Bertz CT molecular complexity index is 974. The first-order chi connectivity index (χ1) is 13.0. The maximum Gasteiger partial charge on any atom is 0.277 e. The number of H-pyrrole nitrogens is 1. The van der Waals surface area contributed by atoms with Gasteiger partial charge in [-0.1, -0.05) is 29.3 Å². The monoisotopic (exact) mass is 406 g/mol. The van der Waals surface area contributed by atoms with Crippen LogP contribution in [-0.2, 0) is 4.79 Å². The summed E-state index contributed by atoms with van der Waals surface area (Å²) in [4.78, 5) is 11.8. The van der Waals surface area contributed by atoms with E-state index in [2.05, 4.69) is 20.7 Å². The highest BCUT2D eigenvalue weighted by molar-refractivity contribution is 6.42. The molecule has 0 radical (unpaired) electrons. The summed E-state index contributed by atoms with van der Waals surface area (Å²) in [6.45, 7) is -0.256. The molecule has 0 aliphatic rings. The maximum atomic E-state index is 12.8. The van der Waals surface area contributed by atoms with Crippen molar-refractivity contribution in [2.75, 3.05) is 6.61 Å². The minimum atomic E-state index is -0.463. The standard InChI is InChI=1S/C18H13Cl2FN4O2/c19-15-6-1-11(7-16(15)20)18-12(9-23-25-18)8-22-24-17(26)10-27-14-4-2-13(21)3-5-14/h1-9H,10H2,(H,23,25)(H,24,26)/b22-8-. The summed E-state index contributed by atoms with van der Waals surface area (Å²) in [6, 6.07) is 10.5. The minimum Gasteiger partial charge on any atom is -0.484 e. The first kappa shape index (κ1) is 18.9. The molecule has 2 aromatic carbocycles. The number of halogens is 3. The van der Waals surface area contributed by atoms with E-state index in [0.29, 0.717) is 27.1 Å². The van der Waals surface area contributed by atoms with Crippen LogP contribution in [0, 0.1) is 5.82 Å². The van der Waals surface area contributed by atoms with E-state index in [-0.39, 0.29) is 12.4 Å². The normalized spacial score (nSPS) is 10.9. The van der Waals surface area contributed by atoms with Crippen molar-refractivity contribution < 1.29 is 13.9 Å². The zero-order valence-corrected chi connectivity index (χ0v) is 15.3. The molecule has 3 rings (SSSR count). The van der Waals surface area contributed by atoms with Crippen LogP contribution in [0.2, 0.25) is 10.0 Å². The minimum absolute atomic E-state index is 0.256. The van der Waals surface area contributed by atoms with Crippen LogP contribution in [0.1, 0.15) is 5.56 Å². The number of nitrogens with one attached hydrogen (secondary N) is 2. The van der Waals surface area contributed by atoms with Crippen LogP contribution in [0.25, 0.3) is 11.3 Å². The molecule has 0 fully saturated rings. The van der Waals surface area contributed by atoms with Gasteiger partial charge < -0.3 is 4.74 Å². The van der Waals surface area contributed by atoms with Gasteiger partial charge in [0.1, 0.15) is 11.6 Å². The largest absolute Gasteiger partial charge is 0.484 e. The maximum absolute atomic E-state index is 12.8. The molecule has 0 atom stereocenters. The van der Waals surface area contributed by atoms with Crippen molar-refractivity contribution in [3.63, 3.8) is 0 Å². The van der Waals surface area contributed by atoms with Crippen molar-refractivity contribution in [1.29, 1.82) is 0 Å². The van der Waals surface area contributed by atoms with Gasteiger partial charge in [-0.3, -0.25) is 9.89 Å². The van der Waals surface area contributed by atoms with Gasteiger partial charge in [0, 0.05) is 11.1 Å². The molecule has 0 bridgehead atoms. The number of hydrogen-bond donors (Lipinski definition) is 2. The van der Waals surface area contributed by atoms with E-state index in [1.54, 1.807) is 24.4 Å². The third-order valence-corrected chi connectivity index (χ3v) is 4.19. The van der Waals surface area contributed by atoms with Gasteiger partial charge in [0.2, 0.25) is 0 Å². The summed E-state index contributed by atoms with van der Waals surface area (Å²) in [5, 5.41) is 11.6. The summed E-state index contributed by atoms with van der Waals surface area (Å²) in [6.07, 6.45) is 3.00. The lowest BCUT2D eigenvalue weighted by Gasteiger charge is -2.04. The van der Waals surface area contributed by atoms with Crippen molar-refractivity contribution in [3.05, 3.63) is 70.1 Å². The van der Waals surface area contributed by atoms with Gasteiger partial charge in [0.15, 0.2) is 6.61 Å². The van der Waals surface area contributed by atoms with Gasteiger partial charge in [-0.2, -0.15) is 10.2 Å². The van der Waals surface area contributed by atoms with Crippen molar-refractivity contribution in [2.24, 2.45) is 5.10 Å². The molecular formula is C18H13Cl2FN4O2. The van der Waals surface area contributed by atoms with E-state index in [4.69, 9.17) is 27.9 Å². The van der Waals surface area contributed by atoms with E-state index in [0.717, 1.165) is 5.56 Å². The van der Waals surface area contributed by atoms with E-state index in [9.17, 15) is 9.18 Å². The number of carbonyl (C=O) groups excluding carboxylic acids is 1. The summed E-state index contributed by atoms with van der Waals surface area (Å²) in [5.74, 6) is -0.461. The fourth-order valence-electron chi connectivity index (χ4n) is 2.16. The van der Waals surface area contributed by atoms with Crippen LogP contribution in [-0.4, -0.2) is 28.9 Å². The summed E-state index contributed by atoms with van der Waals surface area (Å²) < 4.78 is 18.0.